The Hall–Kier alpha value is -2.94. The molecule has 9 heteroatoms. The van der Waals surface area contributed by atoms with E-state index in [9.17, 15) is 14.0 Å². The number of benzene rings is 2. The van der Waals surface area contributed by atoms with Gasteiger partial charge in [0.15, 0.2) is 0 Å². The summed E-state index contributed by atoms with van der Waals surface area (Å²) in [5.41, 5.74) is 1.46. The van der Waals surface area contributed by atoms with Crippen molar-refractivity contribution in [3.05, 3.63) is 86.8 Å². The van der Waals surface area contributed by atoms with Crippen LogP contribution in [0.5, 0.6) is 5.75 Å². The number of rotatable bonds is 10. The first-order valence-corrected chi connectivity index (χ1v) is 13.0. The van der Waals surface area contributed by atoms with Crippen LogP contribution in [0, 0.1) is 5.82 Å². The number of carbonyl (C=O) groups is 2. The van der Waals surface area contributed by atoms with Crippen LogP contribution in [0.2, 0.25) is 5.02 Å². The molecule has 36 heavy (non-hydrogen) atoms. The molecule has 0 saturated heterocycles. The molecule has 190 valence electrons. The standard InChI is InChI=1S/C27H28ClFN2O4S/c1-34-13-4-11-30(27(33)19-5-2-6-20(28)15-19)17-26(32)31-12-9-25-23(10-14-36-25)24(31)18-35-22-8-3-7-21(29)16-22/h2-3,5-8,10,14-16,24H,4,9,11-13,17-18H2,1H3/t24-/m1/s1. The van der Waals surface area contributed by atoms with Crippen molar-refractivity contribution < 1.29 is 23.5 Å². The number of methoxy groups -OCH3 is 1. The highest BCUT2D eigenvalue weighted by Crippen LogP contribution is 2.34. The number of hydrogen-bond acceptors (Lipinski definition) is 5. The third-order valence-electron chi connectivity index (χ3n) is 6.08. The fraction of sp³-hybridized carbons (Fsp3) is 0.333. The Morgan fingerprint density at radius 2 is 2.03 bits per heavy atom. The van der Waals surface area contributed by atoms with Gasteiger partial charge in [-0.05, 0) is 60.2 Å². The summed E-state index contributed by atoms with van der Waals surface area (Å²) in [6, 6.07) is 14.3. The molecule has 0 aliphatic carbocycles. The maximum atomic E-state index is 13.6. The van der Waals surface area contributed by atoms with Crippen molar-refractivity contribution in [3.63, 3.8) is 0 Å². The molecule has 2 amide bonds. The molecule has 0 saturated carbocycles. The fourth-order valence-electron chi connectivity index (χ4n) is 4.32. The molecule has 2 heterocycles. The molecule has 4 rings (SSSR count). The quantitative estimate of drug-likeness (QED) is 0.337. The van der Waals surface area contributed by atoms with Gasteiger partial charge in [0, 0.05) is 48.3 Å². The van der Waals surface area contributed by atoms with Crippen molar-refractivity contribution in [1.82, 2.24) is 9.80 Å². The van der Waals surface area contributed by atoms with E-state index in [2.05, 4.69) is 0 Å². The Morgan fingerprint density at radius 3 is 2.81 bits per heavy atom. The molecular formula is C27H28ClFN2O4S. The van der Waals surface area contributed by atoms with Gasteiger partial charge in [-0.3, -0.25) is 9.59 Å². The zero-order chi connectivity index (χ0) is 25.5. The predicted molar refractivity (Wildman–Crippen MR) is 138 cm³/mol. The molecule has 0 fully saturated rings. The highest BCUT2D eigenvalue weighted by molar-refractivity contribution is 7.10. The molecule has 0 unspecified atom stereocenters. The van der Waals surface area contributed by atoms with Gasteiger partial charge in [-0.25, -0.2) is 4.39 Å². The summed E-state index contributed by atoms with van der Waals surface area (Å²) < 4.78 is 24.7. The van der Waals surface area contributed by atoms with Crippen LogP contribution in [0.25, 0.3) is 0 Å². The van der Waals surface area contributed by atoms with Crippen molar-refractivity contribution in [3.8, 4) is 5.75 Å². The third-order valence-corrected chi connectivity index (χ3v) is 7.31. The van der Waals surface area contributed by atoms with E-state index in [1.165, 1.54) is 17.0 Å². The van der Waals surface area contributed by atoms with Gasteiger partial charge in [-0.1, -0.05) is 23.7 Å². The number of thiophene rings is 1. The van der Waals surface area contributed by atoms with Crippen LogP contribution in [0.15, 0.2) is 60.0 Å². The molecule has 0 spiro atoms. The molecule has 0 bridgehead atoms. The largest absolute Gasteiger partial charge is 0.491 e. The number of ether oxygens (including phenoxy) is 2. The Kier molecular flexibility index (Phi) is 8.96. The third kappa shape index (κ3) is 6.43. The van der Waals surface area contributed by atoms with Crippen molar-refractivity contribution in [1.29, 1.82) is 0 Å². The second-order valence-corrected chi connectivity index (χ2v) is 9.94. The number of hydrogen-bond donors (Lipinski definition) is 0. The predicted octanol–water partition coefficient (Wildman–Crippen LogP) is 5.22. The summed E-state index contributed by atoms with van der Waals surface area (Å²) >= 11 is 7.75. The van der Waals surface area contributed by atoms with E-state index in [0.29, 0.717) is 42.5 Å². The summed E-state index contributed by atoms with van der Waals surface area (Å²) in [5.74, 6) is -0.413. The van der Waals surface area contributed by atoms with E-state index < -0.39 is 0 Å². The van der Waals surface area contributed by atoms with Crippen molar-refractivity contribution in [2.24, 2.45) is 0 Å². The monoisotopic (exact) mass is 530 g/mol. The molecule has 1 atom stereocenters. The minimum atomic E-state index is -0.383. The molecule has 1 aliphatic rings. The number of fused-ring (bicyclic) bond motifs is 1. The van der Waals surface area contributed by atoms with E-state index in [4.69, 9.17) is 21.1 Å². The first-order valence-electron chi connectivity index (χ1n) is 11.7. The molecule has 0 radical (unpaired) electrons. The van der Waals surface area contributed by atoms with Crippen LogP contribution >= 0.6 is 22.9 Å². The van der Waals surface area contributed by atoms with Crippen LogP contribution in [0.4, 0.5) is 4.39 Å². The minimum Gasteiger partial charge on any atom is -0.491 e. The van der Waals surface area contributed by atoms with E-state index in [0.717, 1.165) is 12.0 Å². The summed E-state index contributed by atoms with van der Waals surface area (Å²) in [7, 11) is 1.60. The highest BCUT2D eigenvalue weighted by Gasteiger charge is 2.33. The van der Waals surface area contributed by atoms with E-state index >= 15 is 0 Å². The second-order valence-electron chi connectivity index (χ2n) is 8.50. The van der Waals surface area contributed by atoms with Crippen molar-refractivity contribution in [2.45, 2.75) is 18.9 Å². The SMILES string of the molecule is COCCCN(CC(=O)N1CCc2sccc2[C@H]1COc1cccc(F)c1)C(=O)c1cccc(Cl)c1. The molecule has 3 aromatic rings. The van der Waals surface area contributed by atoms with Gasteiger partial charge < -0.3 is 19.3 Å². The summed E-state index contributed by atoms with van der Waals surface area (Å²) in [5, 5.41) is 2.47. The van der Waals surface area contributed by atoms with Crippen LogP contribution in [-0.4, -0.2) is 61.6 Å². The average Bonchev–Trinajstić information content (AvgIpc) is 3.35. The van der Waals surface area contributed by atoms with Crippen LogP contribution in [-0.2, 0) is 16.0 Å². The summed E-state index contributed by atoms with van der Waals surface area (Å²) in [6.45, 7) is 1.46. The maximum absolute atomic E-state index is 13.6. The van der Waals surface area contributed by atoms with Gasteiger partial charge in [0.1, 0.15) is 24.7 Å². The summed E-state index contributed by atoms with van der Waals surface area (Å²) in [6.07, 6.45) is 1.33. The lowest BCUT2D eigenvalue weighted by Gasteiger charge is -2.37. The minimum absolute atomic E-state index is 0.0784. The smallest absolute Gasteiger partial charge is 0.254 e. The molecule has 1 aliphatic heterocycles. The molecule has 0 N–H and O–H groups in total. The van der Waals surface area contributed by atoms with Gasteiger partial charge >= 0.3 is 0 Å². The zero-order valence-electron chi connectivity index (χ0n) is 20.0. The Balaban J connectivity index is 1.52. The molecule has 1 aromatic heterocycles. The van der Waals surface area contributed by atoms with Crippen molar-refractivity contribution >= 4 is 34.8 Å². The molecule has 2 aromatic carbocycles. The van der Waals surface area contributed by atoms with Crippen LogP contribution in [0.3, 0.4) is 0 Å². The van der Waals surface area contributed by atoms with Gasteiger partial charge in [-0.15, -0.1) is 11.3 Å². The normalized spacial score (nSPS) is 14.9. The van der Waals surface area contributed by atoms with Crippen LogP contribution < -0.4 is 4.74 Å². The maximum Gasteiger partial charge on any atom is 0.254 e. The van der Waals surface area contributed by atoms with Gasteiger partial charge in [-0.2, -0.15) is 0 Å². The van der Waals surface area contributed by atoms with Gasteiger partial charge in [0.25, 0.3) is 5.91 Å². The molecular weight excluding hydrogens is 503 g/mol. The topological polar surface area (TPSA) is 59.1 Å². The average molecular weight is 531 g/mol. The lowest BCUT2D eigenvalue weighted by atomic mass is 10.0. The molecule has 6 nitrogen and oxygen atoms in total. The number of amides is 2. The second kappa shape index (κ2) is 12.3. The van der Waals surface area contributed by atoms with E-state index in [1.54, 1.807) is 64.6 Å². The Bertz CT molecular complexity index is 1200. The van der Waals surface area contributed by atoms with Gasteiger partial charge in [0.2, 0.25) is 5.91 Å². The van der Waals surface area contributed by atoms with Crippen molar-refractivity contribution in [2.75, 3.05) is 40.0 Å². The zero-order valence-corrected chi connectivity index (χ0v) is 21.6. The number of carbonyl (C=O) groups excluding carboxylic acids is 2. The Labute approximate surface area is 219 Å². The lowest BCUT2D eigenvalue weighted by molar-refractivity contribution is -0.135. The number of halogens is 2. The number of nitrogens with zero attached hydrogens (tertiary/aromatic N) is 2. The van der Waals surface area contributed by atoms with E-state index in [1.807, 2.05) is 11.4 Å². The first-order chi connectivity index (χ1) is 17.5. The van der Waals surface area contributed by atoms with Gasteiger partial charge in [0.05, 0.1) is 6.04 Å². The highest BCUT2D eigenvalue weighted by atomic mass is 35.5. The fourth-order valence-corrected chi connectivity index (χ4v) is 5.44. The van der Waals surface area contributed by atoms with E-state index in [-0.39, 0.29) is 36.8 Å². The lowest BCUT2D eigenvalue weighted by Crippen LogP contribution is -2.48. The van der Waals surface area contributed by atoms with Crippen LogP contribution in [0.1, 0.15) is 33.3 Å². The first kappa shape index (κ1) is 26.1. The Morgan fingerprint density at radius 1 is 1.19 bits per heavy atom. The summed E-state index contributed by atoms with van der Waals surface area (Å²) in [4.78, 5) is 31.4.